The van der Waals surface area contributed by atoms with Gasteiger partial charge in [0.25, 0.3) is 0 Å². The molecule has 1 N–H and O–H groups in total. The zero-order chi connectivity index (χ0) is 14.1. The Bertz CT molecular complexity index is 637. The minimum Gasteiger partial charge on any atom is -0.493 e. The Morgan fingerprint density at radius 2 is 2.05 bits per heavy atom. The van der Waals surface area contributed by atoms with Gasteiger partial charge in [0.05, 0.1) is 6.61 Å². The minimum atomic E-state index is -0.680. The van der Waals surface area contributed by atoms with Gasteiger partial charge in [0.2, 0.25) is 0 Å². The van der Waals surface area contributed by atoms with Gasteiger partial charge in [0.15, 0.2) is 0 Å². The van der Waals surface area contributed by atoms with Gasteiger partial charge in [-0.1, -0.05) is 35.9 Å². The molecule has 0 saturated heterocycles. The van der Waals surface area contributed by atoms with Crippen molar-refractivity contribution >= 4 is 11.6 Å². The normalized spacial score (nSPS) is 15.3. The van der Waals surface area contributed by atoms with E-state index in [4.69, 9.17) is 16.3 Å². The fourth-order valence-electron chi connectivity index (χ4n) is 2.74. The summed E-state index contributed by atoms with van der Waals surface area (Å²) in [6.07, 6.45) is 1.36. The molecule has 0 amide bonds. The summed E-state index contributed by atoms with van der Waals surface area (Å²) in [7, 11) is 0. The van der Waals surface area contributed by atoms with E-state index >= 15 is 0 Å². The van der Waals surface area contributed by atoms with Gasteiger partial charge in [-0.25, -0.2) is 0 Å². The molecule has 1 heterocycles. The lowest BCUT2D eigenvalue weighted by molar-refractivity contribution is 0.206. The predicted molar refractivity (Wildman–Crippen MR) is 80.5 cm³/mol. The van der Waals surface area contributed by atoms with Gasteiger partial charge >= 0.3 is 0 Å². The van der Waals surface area contributed by atoms with Gasteiger partial charge in [-0.3, -0.25) is 0 Å². The highest BCUT2D eigenvalue weighted by Gasteiger charge is 2.21. The van der Waals surface area contributed by atoms with Gasteiger partial charge in [-0.15, -0.1) is 0 Å². The first kappa shape index (κ1) is 13.5. The van der Waals surface area contributed by atoms with Crippen molar-refractivity contribution < 1.29 is 9.84 Å². The topological polar surface area (TPSA) is 29.5 Å². The largest absolute Gasteiger partial charge is 0.493 e. The highest BCUT2D eigenvalue weighted by atomic mass is 35.5. The summed E-state index contributed by atoms with van der Waals surface area (Å²) in [6.45, 7) is 2.68. The van der Waals surface area contributed by atoms with E-state index in [1.54, 1.807) is 0 Å². The molecule has 2 nitrogen and oxygen atoms in total. The summed E-state index contributed by atoms with van der Waals surface area (Å²) in [5, 5.41) is 11.4. The van der Waals surface area contributed by atoms with Crippen molar-refractivity contribution in [1.29, 1.82) is 0 Å². The van der Waals surface area contributed by atoms with E-state index in [-0.39, 0.29) is 0 Å². The van der Waals surface area contributed by atoms with Crippen LogP contribution < -0.4 is 4.74 Å². The molecule has 0 spiro atoms. The monoisotopic (exact) mass is 288 g/mol. The molecular weight excluding hydrogens is 272 g/mol. The number of hydrogen-bond acceptors (Lipinski definition) is 2. The Morgan fingerprint density at radius 3 is 2.85 bits per heavy atom. The molecule has 0 fully saturated rings. The zero-order valence-electron chi connectivity index (χ0n) is 11.4. The Morgan fingerprint density at radius 1 is 1.20 bits per heavy atom. The fourth-order valence-corrected chi connectivity index (χ4v) is 2.97. The van der Waals surface area contributed by atoms with Crippen LogP contribution >= 0.6 is 11.6 Å². The number of ether oxygens (including phenoxy) is 1. The lowest BCUT2D eigenvalue weighted by atomic mass is 9.93. The van der Waals surface area contributed by atoms with Crippen LogP contribution in [0.3, 0.4) is 0 Å². The van der Waals surface area contributed by atoms with Crippen LogP contribution in [0.25, 0.3) is 0 Å². The van der Waals surface area contributed by atoms with E-state index in [0.29, 0.717) is 5.02 Å². The van der Waals surface area contributed by atoms with E-state index < -0.39 is 6.10 Å². The third-order valence-electron chi connectivity index (χ3n) is 3.78. The number of hydrogen-bond donors (Lipinski definition) is 1. The highest BCUT2D eigenvalue weighted by Crippen LogP contribution is 2.36. The fraction of sp³-hybridized carbons (Fsp3) is 0.294. The predicted octanol–water partition coefficient (Wildman–Crippen LogP) is 4.06. The molecule has 1 aliphatic rings. The van der Waals surface area contributed by atoms with E-state index in [1.165, 1.54) is 5.56 Å². The molecule has 0 bridgehead atoms. The number of fused-ring (bicyclic) bond motifs is 1. The number of aliphatic hydroxyl groups is 1. The van der Waals surface area contributed by atoms with Crippen molar-refractivity contribution in [2.75, 3.05) is 6.61 Å². The van der Waals surface area contributed by atoms with Crippen molar-refractivity contribution in [3.63, 3.8) is 0 Å². The molecule has 3 rings (SSSR count). The molecule has 1 atom stereocenters. The maximum Gasteiger partial charge on any atom is 0.128 e. The lowest BCUT2D eigenvalue weighted by Gasteiger charge is -2.23. The summed E-state index contributed by atoms with van der Waals surface area (Å²) in [5.74, 6) is 0.848. The van der Waals surface area contributed by atoms with Crippen LogP contribution in [-0.2, 0) is 6.42 Å². The van der Waals surface area contributed by atoms with Gasteiger partial charge in [0.1, 0.15) is 11.9 Å². The summed E-state index contributed by atoms with van der Waals surface area (Å²) < 4.78 is 5.77. The molecule has 2 aromatic carbocycles. The van der Waals surface area contributed by atoms with Crippen LogP contribution in [0.4, 0.5) is 0 Å². The number of rotatable bonds is 2. The third kappa shape index (κ3) is 2.41. The average Bonchev–Trinajstić information content (AvgIpc) is 2.46. The van der Waals surface area contributed by atoms with Crippen LogP contribution in [0.2, 0.25) is 5.02 Å². The molecule has 0 saturated carbocycles. The summed E-state index contributed by atoms with van der Waals surface area (Å²) >= 11 is 5.98. The van der Waals surface area contributed by atoms with Crippen molar-refractivity contribution in [1.82, 2.24) is 0 Å². The second-order valence-electron chi connectivity index (χ2n) is 5.19. The number of aryl methyl sites for hydroxylation is 2. The van der Waals surface area contributed by atoms with E-state index in [1.807, 2.05) is 37.3 Å². The van der Waals surface area contributed by atoms with Crippen molar-refractivity contribution in [2.45, 2.75) is 25.9 Å². The maximum absolute atomic E-state index is 10.7. The molecule has 2 aromatic rings. The zero-order valence-corrected chi connectivity index (χ0v) is 12.2. The third-order valence-corrected chi connectivity index (χ3v) is 4.02. The van der Waals surface area contributed by atoms with Gasteiger partial charge in [-0.05, 0) is 48.6 Å². The first-order chi connectivity index (χ1) is 9.66. The molecule has 1 aliphatic heterocycles. The van der Waals surface area contributed by atoms with Crippen molar-refractivity contribution in [2.24, 2.45) is 0 Å². The number of aliphatic hydroxyl groups excluding tert-OH is 1. The van der Waals surface area contributed by atoms with E-state index in [0.717, 1.165) is 41.9 Å². The van der Waals surface area contributed by atoms with E-state index in [2.05, 4.69) is 6.07 Å². The van der Waals surface area contributed by atoms with Crippen LogP contribution in [-0.4, -0.2) is 11.7 Å². The van der Waals surface area contributed by atoms with Crippen LogP contribution in [0.15, 0.2) is 36.4 Å². The number of halogens is 1. The summed E-state index contributed by atoms with van der Waals surface area (Å²) in [6, 6.07) is 11.5. The number of para-hydroxylation sites is 1. The molecule has 0 aromatic heterocycles. The second kappa shape index (κ2) is 5.47. The first-order valence-electron chi connectivity index (χ1n) is 6.85. The van der Waals surface area contributed by atoms with Gasteiger partial charge < -0.3 is 9.84 Å². The first-order valence-corrected chi connectivity index (χ1v) is 7.23. The van der Waals surface area contributed by atoms with Crippen LogP contribution in [0, 0.1) is 6.92 Å². The smallest absolute Gasteiger partial charge is 0.128 e. The van der Waals surface area contributed by atoms with Crippen molar-refractivity contribution in [3.8, 4) is 5.75 Å². The highest BCUT2D eigenvalue weighted by molar-refractivity contribution is 6.30. The van der Waals surface area contributed by atoms with Crippen LogP contribution in [0.5, 0.6) is 5.75 Å². The molecule has 20 heavy (non-hydrogen) atoms. The molecule has 0 aliphatic carbocycles. The molecule has 1 unspecified atom stereocenters. The van der Waals surface area contributed by atoms with Gasteiger partial charge in [-0.2, -0.15) is 0 Å². The summed E-state index contributed by atoms with van der Waals surface area (Å²) in [5.41, 5.74) is 3.88. The SMILES string of the molecule is Cc1cc(Cl)ccc1C(O)c1cccc2c1OCCC2. The molecular formula is C17H17ClO2. The Balaban J connectivity index is 2.04. The van der Waals surface area contributed by atoms with E-state index in [9.17, 15) is 5.11 Å². The molecule has 3 heteroatoms. The van der Waals surface area contributed by atoms with Gasteiger partial charge in [0, 0.05) is 10.6 Å². The quantitative estimate of drug-likeness (QED) is 0.903. The second-order valence-corrected chi connectivity index (χ2v) is 5.63. The van der Waals surface area contributed by atoms with Crippen molar-refractivity contribution in [3.05, 3.63) is 63.7 Å². The molecule has 104 valence electrons. The maximum atomic E-state index is 10.7. The Labute approximate surface area is 124 Å². The lowest BCUT2D eigenvalue weighted by Crippen LogP contribution is -2.13. The summed E-state index contributed by atoms with van der Waals surface area (Å²) in [4.78, 5) is 0. The number of benzene rings is 2. The Kier molecular flexibility index (Phi) is 3.68. The average molecular weight is 289 g/mol. The van der Waals surface area contributed by atoms with Crippen LogP contribution in [0.1, 0.15) is 34.8 Å². The standard InChI is InChI=1S/C17H17ClO2/c1-11-10-13(18)7-8-14(11)16(19)15-6-2-4-12-5-3-9-20-17(12)15/h2,4,6-8,10,16,19H,3,5,9H2,1H3. The molecule has 0 radical (unpaired) electrons. The Hall–Kier alpha value is -1.51. The minimum absolute atomic E-state index is 0.680.